The molecule has 120 valence electrons. The van der Waals surface area contributed by atoms with Gasteiger partial charge in [0.2, 0.25) is 5.79 Å². The number of rotatable bonds is 4. The van der Waals surface area contributed by atoms with Gasteiger partial charge >= 0.3 is 5.97 Å². The van der Waals surface area contributed by atoms with E-state index >= 15 is 0 Å². The van der Waals surface area contributed by atoms with Gasteiger partial charge in [0.25, 0.3) is 0 Å². The number of hydrogen-bond donors (Lipinski definition) is 0. The van der Waals surface area contributed by atoms with Crippen LogP contribution in [0.3, 0.4) is 0 Å². The van der Waals surface area contributed by atoms with E-state index in [1.807, 2.05) is 43.3 Å². The predicted octanol–water partition coefficient (Wildman–Crippen LogP) is 3.09. The van der Waals surface area contributed by atoms with Crippen LogP contribution in [0.25, 0.3) is 0 Å². The number of hydrogen-bond acceptors (Lipinski definition) is 4. The SMILES string of the molecule is C[C@@]1(OC(=O)c2ccccc2)CN(Cc2ccccc2)CCO1. The van der Waals surface area contributed by atoms with Gasteiger partial charge in [0.1, 0.15) is 0 Å². The summed E-state index contributed by atoms with van der Waals surface area (Å²) >= 11 is 0. The first-order valence-electron chi connectivity index (χ1n) is 7.83. The zero-order chi connectivity index (χ0) is 16.1. The minimum Gasteiger partial charge on any atom is -0.428 e. The zero-order valence-electron chi connectivity index (χ0n) is 13.3. The topological polar surface area (TPSA) is 38.8 Å². The molecule has 2 aromatic rings. The molecule has 2 aromatic carbocycles. The van der Waals surface area contributed by atoms with Crippen LogP contribution >= 0.6 is 0 Å². The summed E-state index contributed by atoms with van der Waals surface area (Å²) in [5.74, 6) is -1.27. The van der Waals surface area contributed by atoms with Crippen LogP contribution in [0.15, 0.2) is 60.7 Å². The lowest BCUT2D eigenvalue weighted by Gasteiger charge is -2.39. The first-order valence-corrected chi connectivity index (χ1v) is 7.83. The van der Waals surface area contributed by atoms with Crippen LogP contribution in [0.4, 0.5) is 0 Å². The van der Waals surface area contributed by atoms with E-state index in [0.717, 1.165) is 13.1 Å². The van der Waals surface area contributed by atoms with Crippen LogP contribution in [0, 0.1) is 0 Å². The molecular weight excluding hydrogens is 290 g/mol. The fourth-order valence-electron chi connectivity index (χ4n) is 2.79. The first-order chi connectivity index (χ1) is 11.1. The smallest absolute Gasteiger partial charge is 0.340 e. The van der Waals surface area contributed by atoms with Crippen molar-refractivity contribution in [1.82, 2.24) is 4.90 Å². The zero-order valence-corrected chi connectivity index (χ0v) is 13.3. The number of benzene rings is 2. The van der Waals surface area contributed by atoms with Crippen molar-refractivity contribution in [2.24, 2.45) is 0 Å². The predicted molar refractivity (Wildman–Crippen MR) is 87.9 cm³/mol. The molecule has 1 fully saturated rings. The van der Waals surface area contributed by atoms with Crippen molar-refractivity contribution in [2.75, 3.05) is 19.7 Å². The highest BCUT2D eigenvalue weighted by Crippen LogP contribution is 2.22. The van der Waals surface area contributed by atoms with Gasteiger partial charge < -0.3 is 9.47 Å². The van der Waals surface area contributed by atoms with Crippen LogP contribution in [-0.4, -0.2) is 36.4 Å². The van der Waals surface area contributed by atoms with E-state index in [9.17, 15) is 4.79 Å². The summed E-state index contributed by atoms with van der Waals surface area (Å²) in [6.07, 6.45) is 0. The van der Waals surface area contributed by atoms with E-state index in [2.05, 4.69) is 17.0 Å². The number of morpholine rings is 1. The second-order valence-corrected chi connectivity index (χ2v) is 5.93. The Morgan fingerprint density at radius 3 is 2.48 bits per heavy atom. The molecule has 4 heteroatoms. The fourth-order valence-corrected chi connectivity index (χ4v) is 2.79. The maximum Gasteiger partial charge on any atom is 0.340 e. The van der Waals surface area contributed by atoms with E-state index in [1.165, 1.54) is 5.56 Å². The Kier molecular flexibility index (Phi) is 4.74. The molecule has 0 N–H and O–H groups in total. The number of carbonyl (C=O) groups excluding carboxylic acids is 1. The van der Waals surface area contributed by atoms with E-state index < -0.39 is 5.79 Å². The molecule has 23 heavy (non-hydrogen) atoms. The summed E-state index contributed by atoms with van der Waals surface area (Å²) < 4.78 is 11.4. The molecule has 1 saturated heterocycles. The van der Waals surface area contributed by atoms with Gasteiger partial charge in [-0.25, -0.2) is 4.79 Å². The van der Waals surface area contributed by atoms with E-state index in [-0.39, 0.29) is 5.97 Å². The van der Waals surface area contributed by atoms with Crippen LogP contribution in [0.2, 0.25) is 0 Å². The molecular formula is C19H21NO3. The summed E-state index contributed by atoms with van der Waals surface area (Å²) in [5.41, 5.74) is 1.78. The van der Waals surface area contributed by atoms with Gasteiger partial charge in [-0.1, -0.05) is 48.5 Å². The summed E-state index contributed by atoms with van der Waals surface area (Å²) in [6, 6.07) is 19.3. The molecule has 1 heterocycles. The Hall–Kier alpha value is -2.17. The molecule has 0 radical (unpaired) electrons. The van der Waals surface area contributed by atoms with Crippen molar-refractivity contribution < 1.29 is 14.3 Å². The third-order valence-electron chi connectivity index (χ3n) is 3.89. The highest BCUT2D eigenvalue weighted by molar-refractivity contribution is 5.89. The largest absolute Gasteiger partial charge is 0.428 e. The highest BCUT2D eigenvalue weighted by Gasteiger charge is 2.36. The first kappa shape index (κ1) is 15.7. The van der Waals surface area contributed by atoms with Crippen molar-refractivity contribution in [3.05, 3.63) is 71.8 Å². The lowest BCUT2D eigenvalue weighted by Crippen LogP contribution is -2.52. The Balaban J connectivity index is 1.63. The molecule has 0 amide bonds. The quantitative estimate of drug-likeness (QED) is 0.813. The number of esters is 1. The third kappa shape index (κ3) is 4.18. The minimum absolute atomic E-state index is 0.352. The normalized spacial score (nSPS) is 21.8. The lowest BCUT2D eigenvalue weighted by molar-refractivity contribution is -0.227. The molecule has 3 rings (SSSR count). The van der Waals surface area contributed by atoms with Gasteiger partial charge in [-0.15, -0.1) is 0 Å². The maximum atomic E-state index is 12.3. The summed E-state index contributed by atoms with van der Waals surface area (Å²) in [7, 11) is 0. The van der Waals surface area contributed by atoms with Crippen LogP contribution < -0.4 is 0 Å². The second-order valence-electron chi connectivity index (χ2n) is 5.93. The standard InChI is InChI=1S/C19H21NO3/c1-19(23-18(21)17-10-6-3-7-11-17)15-20(12-13-22-19)14-16-8-4-2-5-9-16/h2-11H,12-15H2,1H3/t19-/m1/s1. The maximum absolute atomic E-state index is 12.3. The van der Waals surface area contributed by atoms with Crippen LogP contribution in [0.5, 0.6) is 0 Å². The summed E-state index contributed by atoms with van der Waals surface area (Å²) in [4.78, 5) is 14.5. The van der Waals surface area contributed by atoms with Crippen molar-refractivity contribution in [3.8, 4) is 0 Å². The molecule has 1 aliphatic rings. The average Bonchev–Trinajstić information content (AvgIpc) is 2.56. The molecule has 4 nitrogen and oxygen atoms in total. The number of ether oxygens (including phenoxy) is 2. The highest BCUT2D eigenvalue weighted by atomic mass is 16.7. The Labute approximate surface area is 136 Å². The molecule has 0 spiro atoms. The van der Waals surface area contributed by atoms with E-state index in [0.29, 0.717) is 18.7 Å². The Morgan fingerprint density at radius 1 is 1.13 bits per heavy atom. The van der Waals surface area contributed by atoms with Gasteiger partial charge in [-0.2, -0.15) is 0 Å². The molecule has 1 atom stereocenters. The molecule has 1 aliphatic heterocycles. The third-order valence-corrected chi connectivity index (χ3v) is 3.89. The minimum atomic E-state index is -0.917. The van der Waals surface area contributed by atoms with Gasteiger partial charge in [-0.05, 0) is 17.7 Å². The number of carbonyl (C=O) groups is 1. The van der Waals surface area contributed by atoms with Crippen LogP contribution in [0.1, 0.15) is 22.8 Å². The average molecular weight is 311 g/mol. The fraction of sp³-hybridized carbons (Fsp3) is 0.316. The lowest BCUT2D eigenvalue weighted by atomic mass is 10.1. The van der Waals surface area contributed by atoms with Crippen molar-refractivity contribution in [1.29, 1.82) is 0 Å². The monoisotopic (exact) mass is 311 g/mol. The van der Waals surface area contributed by atoms with Gasteiger partial charge in [0, 0.05) is 20.0 Å². The van der Waals surface area contributed by atoms with Gasteiger partial charge in [0.05, 0.1) is 18.7 Å². The Bertz CT molecular complexity index is 644. The van der Waals surface area contributed by atoms with E-state index in [1.54, 1.807) is 12.1 Å². The molecule has 0 unspecified atom stereocenters. The Morgan fingerprint density at radius 2 is 1.78 bits per heavy atom. The van der Waals surface area contributed by atoms with Crippen LogP contribution in [-0.2, 0) is 16.0 Å². The van der Waals surface area contributed by atoms with Gasteiger partial charge in [-0.3, -0.25) is 4.90 Å². The van der Waals surface area contributed by atoms with Crippen molar-refractivity contribution in [3.63, 3.8) is 0 Å². The molecule has 0 bridgehead atoms. The van der Waals surface area contributed by atoms with Crippen molar-refractivity contribution >= 4 is 5.97 Å². The molecule has 0 aromatic heterocycles. The van der Waals surface area contributed by atoms with E-state index in [4.69, 9.17) is 9.47 Å². The second kappa shape index (κ2) is 6.94. The molecule has 0 saturated carbocycles. The summed E-state index contributed by atoms with van der Waals surface area (Å²) in [6.45, 7) is 4.58. The van der Waals surface area contributed by atoms with Gasteiger partial charge in [0.15, 0.2) is 0 Å². The number of nitrogens with zero attached hydrogens (tertiary/aromatic N) is 1. The van der Waals surface area contributed by atoms with Crippen molar-refractivity contribution in [2.45, 2.75) is 19.3 Å². The molecule has 0 aliphatic carbocycles. The summed E-state index contributed by atoms with van der Waals surface area (Å²) in [5, 5.41) is 0.